The van der Waals surface area contributed by atoms with E-state index in [0.29, 0.717) is 31.9 Å². The van der Waals surface area contributed by atoms with Gasteiger partial charge in [0.1, 0.15) is 0 Å². The topological polar surface area (TPSA) is 36.1 Å². The first kappa shape index (κ1) is 13.0. The number of hydrazine groups is 1. The molecule has 0 spiro atoms. The Hall–Kier alpha value is -0.420. The number of hydrogen-bond acceptors (Lipinski definition) is 2. The molecule has 3 nitrogen and oxygen atoms in total. The van der Waals surface area contributed by atoms with E-state index in [-0.39, 0.29) is 0 Å². The number of nitrogens with one attached hydrogen (secondary N) is 3. The lowest BCUT2D eigenvalue weighted by molar-refractivity contribution is 0.880. The first-order valence-corrected chi connectivity index (χ1v) is 6.57. The summed E-state index contributed by atoms with van der Waals surface area (Å²) in [4.78, 5) is 0. The summed E-state index contributed by atoms with van der Waals surface area (Å²) in [5, 5.41) is 5.00. The minimum absolute atomic E-state index is 0.434. The van der Waals surface area contributed by atoms with Crippen molar-refractivity contribution in [3.05, 3.63) is 27.2 Å². The Labute approximate surface area is 120 Å². The normalized spacial score (nSPS) is 14.3. The van der Waals surface area contributed by atoms with Crippen LogP contribution in [-0.4, -0.2) is 11.2 Å². The SMILES string of the molecule is S=C(NNc1c(Cl)cc(Cl)cc1Cl)NC1CC1. The molecule has 1 fully saturated rings. The first-order valence-electron chi connectivity index (χ1n) is 5.03. The van der Waals surface area contributed by atoms with Gasteiger partial charge in [-0.2, -0.15) is 0 Å². The predicted molar refractivity (Wildman–Crippen MR) is 77.0 cm³/mol. The molecule has 0 unspecified atom stereocenters. The van der Waals surface area contributed by atoms with Gasteiger partial charge in [-0.15, -0.1) is 0 Å². The summed E-state index contributed by atoms with van der Waals surface area (Å²) >= 11 is 22.9. The second kappa shape index (κ2) is 5.48. The fourth-order valence-corrected chi connectivity index (χ4v) is 2.36. The van der Waals surface area contributed by atoms with Crippen LogP contribution in [0.3, 0.4) is 0 Å². The molecule has 1 aromatic carbocycles. The van der Waals surface area contributed by atoms with Crippen LogP contribution in [0.25, 0.3) is 0 Å². The highest BCUT2D eigenvalue weighted by Crippen LogP contribution is 2.33. The molecule has 92 valence electrons. The average Bonchev–Trinajstić information content (AvgIpc) is 2.99. The van der Waals surface area contributed by atoms with Crippen molar-refractivity contribution in [3.8, 4) is 0 Å². The average molecular weight is 311 g/mol. The summed E-state index contributed by atoms with van der Waals surface area (Å²) in [6.45, 7) is 0. The highest BCUT2D eigenvalue weighted by molar-refractivity contribution is 7.80. The molecule has 0 bridgehead atoms. The molecular weight excluding hydrogens is 301 g/mol. The van der Waals surface area contributed by atoms with Gasteiger partial charge in [0.15, 0.2) is 5.11 Å². The Kier molecular flexibility index (Phi) is 4.20. The maximum atomic E-state index is 6.00. The van der Waals surface area contributed by atoms with E-state index in [0.717, 1.165) is 12.8 Å². The standard InChI is InChI=1S/C10H10Cl3N3S/c11-5-3-7(12)9(8(13)4-5)15-16-10(17)14-6-1-2-6/h3-4,6,15H,1-2H2,(H2,14,16,17). The fraction of sp³-hybridized carbons (Fsp3) is 0.300. The van der Waals surface area contributed by atoms with Crippen molar-refractivity contribution >= 4 is 57.8 Å². The predicted octanol–water partition coefficient (Wildman–Crippen LogP) is 3.60. The highest BCUT2D eigenvalue weighted by atomic mass is 35.5. The van der Waals surface area contributed by atoms with Crippen LogP contribution in [0, 0.1) is 0 Å². The van der Waals surface area contributed by atoms with Crippen LogP contribution in [0.15, 0.2) is 12.1 Å². The Morgan fingerprint density at radius 2 is 1.76 bits per heavy atom. The van der Waals surface area contributed by atoms with Crippen molar-refractivity contribution in [1.82, 2.24) is 10.7 Å². The third-order valence-electron chi connectivity index (χ3n) is 2.22. The van der Waals surface area contributed by atoms with Crippen molar-refractivity contribution in [2.24, 2.45) is 0 Å². The number of rotatable bonds is 3. The Balaban J connectivity index is 1.95. The van der Waals surface area contributed by atoms with E-state index in [1.54, 1.807) is 12.1 Å². The molecule has 0 radical (unpaired) electrons. The van der Waals surface area contributed by atoms with E-state index in [9.17, 15) is 0 Å². The van der Waals surface area contributed by atoms with Crippen LogP contribution >= 0.6 is 47.0 Å². The quantitative estimate of drug-likeness (QED) is 0.589. The minimum Gasteiger partial charge on any atom is -0.359 e. The van der Waals surface area contributed by atoms with E-state index in [1.807, 2.05) is 0 Å². The lowest BCUT2D eigenvalue weighted by atomic mass is 10.3. The van der Waals surface area contributed by atoms with Gasteiger partial charge in [0, 0.05) is 11.1 Å². The maximum absolute atomic E-state index is 6.00. The van der Waals surface area contributed by atoms with Crippen molar-refractivity contribution < 1.29 is 0 Å². The maximum Gasteiger partial charge on any atom is 0.185 e. The van der Waals surface area contributed by atoms with E-state index >= 15 is 0 Å². The molecule has 1 saturated carbocycles. The molecule has 0 amide bonds. The van der Waals surface area contributed by atoms with Gasteiger partial charge in [0.2, 0.25) is 0 Å². The van der Waals surface area contributed by atoms with Crippen molar-refractivity contribution in [3.63, 3.8) is 0 Å². The monoisotopic (exact) mass is 309 g/mol. The second-order valence-corrected chi connectivity index (χ2v) is 5.40. The van der Waals surface area contributed by atoms with Crippen LogP contribution in [0.5, 0.6) is 0 Å². The van der Waals surface area contributed by atoms with Gasteiger partial charge in [0.05, 0.1) is 15.7 Å². The lowest BCUT2D eigenvalue weighted by Crippen LogP contribution is -2.39. The molecule has 0 aliphatic heterocycles. The van der Waals surface area contributed by atoms with Crippen LogP contribution in [0.2, 0.25) is 15.1 Å². The summed E-state index contributed by atoms with van der Waals surface area (Å²) in [6, 6.07) is 3.71. The third-order valence-corrected chi connectivity index (χ3v) is 3.25. The number of halogens is 3. The van der Waals surface area contributed by atoms with Crippen LogP contribution in [0.4, 0.5) is 5.69 Å². The smallest absolute Gasteiger partial charge is 0.185 e. The van der Waals surface area contributed by atoms with E-state index in [1.165, 1.54) is 0 Å². The fourth-order valence-electron chi connectivity index (χ4n) is 1.23. The molecule has 1 aliphatic rings. The van der Waals surface area contributed by atoms with Gasteiger partial charge in [0.25, 0.3) is 0 Å². The largest absolute Gasteiger partial charge is 0.359 e. The molecule has 7 heteroatoms. The van der Waals surface area contributed by atoms with Crippen LogP contribution < -0.4 is 16.2 Å². The highest BCUT2D eigenvalue weighted by Gasteiger charge is 2.21. The Bertz CT molecular complexity index is 425. The lowest BCUT2D eigenvalue weighted by Gasteiger charge is -2.14. The summed E-state index contributed by atoms with van der Waals surface area (Å²) in [5.41, 5.74) is 6.25. The number of benzene rings is 1. The zero-order valence-corrected chi connectivity index (χ0v) is 11.8. The summed E-state index contributed by atoms with van der Waals surface area (Å²) in [5.74, 6) is 0. The summed E-state index contributed by atoms with van der Waals surface area (Å²) in [7, 11) is 0. The van der Waals surface area contributed by atoms with E-state index in [2.05, 4.69) is 16.2 Å². The van der Waals surface area contributed by atoms with Gasteiger partial charge < -0.3 is 5.32 Å². The third kappa shape index (κ3) is 3.78. The molecule has 2 rings (SSSR count). The Morgan fingerprint density at radius 3 is 2.29 bits per heavy atom. The van der Waals surface area contributed by atoms with Gasteiger partial charge >= 0.3 is 0 Å². The van der Waals surface area contributed by atoms with Crippen molar-refractivity contribution in [1.29, 1.82) is 0 Å². The zero-order valence-electron chi connectivity index (χ0n) is 8.69. The van der Waals surface area contributed by atoms with Crippen LogP contribution in [0.1, 0.15) is 12.8 Å². The number of anilines is 1. The van der Waals surface area contributed by atoms with E-state index < -0.39 is 0 Å². The van der Waals surface area contributed by atoms with Crippen LogP contribution in [-0.2, 0) is 0 Å². The molecule has 0 aromatic heterocycles. The molecule has 17 heavy (non-hydrogen) atoms. The first-order chi connectivity index (χ1) is 8.06. The van der Waals surface area contributed by atoms with Gasteiger partial charge in [-0.3, -0.25) is 10.9 Å². The second-order valence-electron chi connectivity index (χ2n) is 3.74. The Morgan fingerprint density at radius 1 is 1.18 bits per heavy atom. The molecule has 0 atom stereocenters. The van der Waals surface area contributed by atoms with Crippen molar-refractivity contribution in [2.75, 3.05) is 5.43 Å². The van der Waals surface area contributed by atoms with Crippen molar-refractivity contribution in [2.45, 2.75) is 18.9 Å². The van der Waals surface area contributed by atoms with Gasteiger partial charge in [-0.05, 0) is 37.2 Å². The number of hydrogen-bond donors (Lipinski definition) is 3. The minimum atomic E-state index is 0.434. The van der Waals surface area contributed by atoms with E-state index in [4.69, 9.17) is 47.0 Å². The molecule has 0 heterocycles. The van der Waals surface area contributed by atoms with Gasteiger partial charge in [-0.1, -0.05) is 34.8 Å². The summed E-state index contributed by atoms with van der Waals surface area (Å²) < 4.78 is 0. The summed E-state index contributed by atoms with van der Waals surface area (Å²) in [6.07, 6.45) is 2.31. The molecular formula is C10H10Cl3N3S. The zero-order chi connectivity index (χ0) is 12.4. The van der Waals surface area contributed by atoms with Gasteiger partial charge in [-0.25, -0.2) is 0 Å². The molecule has 3 N–H and O–H groups in total. The molecule has 1 aliphatic carbocycles. The molecule has 1 aromatic rings. The molecule has 0 saturated heterocycles. The number of thiocarbonyl (C=S) groups is 1.